The molecular formula is C18H22N6O3. The molecule has 2 aromatic heterocycles. The van der Waals surface area contributed by atoms with Gasteiger partial charge in [0.1, 0.15) is 5.75 Å². The van der Waals surface area contributed by atoms with Gasteiger partial charge in [-0.2, -0.15) is 0 Å². The molecule has 27 heavy (non-hydrogen) atoms. The quantitative estimate of drug-likeness (QED) is 0.629. The van der Waals surface area contributed by atoms with Gasteiger partial charge >= 0.3 is 0 Å². The zero-order chi connectivity index (χ0) is 18.6. The van der Waals surface area contributed by atoms with Crippen LogP contribution in [0.3, 0.4) is 0 Å². The normalized spacial score (nSPS) is 16.8. The lowest BCUT2D eigenvalue weighted by atomic mass is 10.0. The smallest absolute Gasteiger partial charge is 0.245 e. The van der Waals surface area contributed by atoms with Gasteiger partial charge in [0.05, 0.1) is 19.8 Å². The van der Waals surface area contributed by atoms with Gasteiger partial charge in [-0.25, -0.2) is 14.6 Å². The Hall–Kier alpha value is -2.94. The van der Waals surface area contributed by atoms with Gasteiger partial charge < -0.3 is 19.7 Å². The van der Waals surface area contributed by atoms with Crippen LogP contribution in [-0.2, 0) is 4.74 Å². The second kappa shape index (κ2) is 7.75. The molecule has 1 N–H and O–H groups in total. The van der Waals surface area contributed by atoms with Crippen molar-refractivity contribution in [3.05, 3.63) is 29.8 Å². The highest BCUT2D eigenvalue weighted by atomic mass is 16.6. The van der Waals surface area contributed by atoms with Crippen LogP contribution in [0.2, 0.25) is 0 Å². The number of rotatable bonds is 7. The van der Waals surface area contributed by atoms with Crippen molar-refractivity contribution in [2.24, 2.45) is 0 Å². The summed E-state index contributed by atoms with van der Waals surface area (Å²) in [6, 6.07) is 8.24. The first-order chi connectivity index (χ1) is 13.3. The van der Waals surface area contributed by atoms with Crippen LogP contribution in [0.1, 0.15) is 24.4 Å². The minimum Gasteiger partial charge on any atom is -0.496 e. The van der Waals surface area contributed by atoms with Gasteiger partial charge in [0.25, 0.3) is 0 Å². The summed E-state index contributed by atoms with van der Waals surface area (Å²) in [6.45, 7) is 2.04. The molecule has 9 nitrogen and oxygen atoms in total. The maximum Gasteiger partial charge on any atom is 0.245 e. The average molecular weight is 370 g/mol. The van der Waals surface area contributed by atoms with Gasteiger partial charge in [0.2, 0.25) is 11.3 Å². The van der Waals surface area contributed by atoms with Gasteiger partial charge in [-0.3, -0.25) is 0 Å². The van der Waals surface area contributed by atoms with Gasteiger partial charge in [0.15, 0.2) is 11.6 Å². The van der Waals surface area contributed by atoms with E-state index in [2.05, 4.69) is 36.6 Å². The zero-order valence-corrected chi connectivity index (χ0v) is 15.4. The van der Waals surface area contributed by atoms with E-state index in [1.54, 1.807) is 14.2 Å². The maximum atomic E-state index is 5.58. The minimum absolute atomic E-state index is 0.149. The molecule has 3 heterocycles. The molecule has 1 saturated heterocycles. The summed E-state index contributed by atoms with van der Waals surface area (Å²) in [7, 11) is 3.36. The minimum atomic E-state index is 0.149. The SMILES string of the molecule is COCCNc1nc2nonc2nc1N1CCCC1c1ccccc1OC. The molecule has 1 atom stereocenters. The van der Waals surface area contributed by atoms with Gasteiger partial charge in [0, 0.05) is 25.8 Å². The fourth-order valence-electron chi connectivity index (χ4n) is 3.50. The summed E-state index contributed by atoms with van der Waals surface area (Å²) >= 11 is 0. The molecule has 4 rings (SSSR count). The summed E-state index contributed by atoms with van der Waals surface area (Å²) in [5.74, 6) is 2.26. The Morgan fingerprint density at radius 2 is 2.00 bits per heavy atom. The van der Waals surface area contributed by atoms with Crippen LogP contribution in [-0.4, -0.2) is 54.2 Å². The number of nitrogens with one attached hydrogen (secondary N) is 1. The topological polar surface area (TPSA) is 98.4 Å². The fourth-order valence-corrected chi connectivity index (χ4v) is 3.50. The van der Waals surface area contributed by atoms with Crippen molar-refractivity contribution >= 4 is 22.9 Å². The second-order valence-corrected chi connectivity index (χ2v) is 6.32. The molecule has 0 radical (unpaired) electrons. The van der Waals surface area contributed by atoms with E-state index in [0.717, 1.165) is 36.5 Å². The summed E-state index contributed by atoms with van der Waals surface area (Å²) in [6.07, 6.45) is 2.06. The predicted octanol–water partition coefficient (Wildman–Crippen LogP) is 2.42. The number of nitrogens with zero attached hydrogens (tertiary/aromatic N) is 5. The molecule has 0 bridgehead atoms. The molecule has 1 aromatic carbocycles. The lowest BCUT2D eigenvalue weighted by Gasteiger charge is -2.28. The highest BCUT2D eigenvalue weighted by Crippen LogP contribution is 2.41. The third kappa shape index (κ3) is 3.37. The fraction of sp³-hybridized carbons (Fsp3) is 0.444. The molecule has 142 valence electrons. The first kappa shape index (κ1) is 17.5. The molecule has 0 saturated carbocycles. The molecule has 9 heteroatoms. The molecule has 3 aromatic rings. The first-order valence-corrected chi connectivity index (χ1v) is 8.94. The van der Waals surface area contributed by atoms with Crippen LogP contribution in [0, 0.1) is 0 Å². The molecular weight excluding hydrogens is 348 g/mol. The zero-order valence-electron chi connectivity index (χ0n) is 15.4. The van der Waals surface area contributed by atoms with E-state index in [1.807, 2.05) is 18.2 Å². The molecule has 1 aliphatic rings. The van der Waals surface area contributed by atoms with E-state index < -0.39 is 0 Å². The predicted molar refractivity (Wildman–Crippen MR) is 100 cm³/mol. The third-order valence-corrected chi connectivity index (χ3v) is 4.72. The van der Waals surface area contributed by atoms with Crippen molar-refractivity contribution < 1.29 is 14.1 Å². The number of fused-ring (bicyclic) bond motifs is 1. The summed E-state index contributed by atoms with van der Waals surface area (Å²) in [5.41, 5.74) is 1.92. The van der Waals surface area contributed by atoms with Gasteiger partial charge in [-0.05, 0) is 29.2 Å². The average Bonchev–Trinajstić information content (AvgIpc) is 3.36. The van der Waals surface area contributed by atoms with Crippen molar-refractivity contribution in [1.82, 2.24) is 20.3 Å². The van der Waals surface area contributed by atoms with Gasteiger partial charge in [-0.15, -0.1) is 0 Å². The number of aromatic nitrogens is 4. The lowest BCUT2D eigenvalue weighted by molar-refractivity contribution is 0.210. The molecule has 1 fully saturated rings. The number of anilines is 2. The highest BCUT2D eigenvalue weighted by Gasteiger charge is 2.32. The van der Waals surface area contributed by atoms with E-state index >= 15 is 0 Å². The van der Waals surface area contributed by atoms with Crippen molar-refractivity contribution in [2.45, 2.75) is 18.9 Å². The van der Waals surface area contributed by atoms with E-state index in [9.17, 15) is 0 Å². The van der Waals surface area contributed by atoms with Crippen LogP contribution in [0.25, 0.3) is 11.3 Å². The van der Waals surface area contributed by atoms with E-state index in [0.29, 0.717) is 30.3 Å². The Labute approximate surface area is 156 Å². The van der Waals surface area contributed by atoms with Crippen LogP contribution < -0.4 is 15.0 Å². The number of hydrogen-bond acceptors (Lipinski definition) is 9. The molecule has 0 spiro atoms. The third-order valence-electron chi connectivity index (χ3n) is 4.72. The number of para-hydroxylation sites is 1. The lowest BCUT2D eigenvalue weighted by Crippen LogP contribution is -2.26. The van der Waals surface area contributed by atoms with Crippen molar-refractivity contribution in [3.63, 3.8) is 0 Å². The van der Waals surface area contributed by atoms with Crippen LogP contribution in [0.5, 0.6) is 5.75 Å². The number of hydrogen-bond donors (Lipinski definition) is 1. The molecule has 0 aliphatic carbocycles. The second-order valence-electron chi connectivity index (χ2n) is 6.32. The monoisotopic (exact) mass is 370 g/mol. The Balaban J connectivity index is 1.73. The molecule has 1 unspecified atom stereocenters. The molecule has 0 amide bonds. The summed E-state index contributed by atoms with van der Waals surface area (Å²) in [5, 5.41) is 11.0. The maximum absolute atomic E-state index is 5.58. The summed E-state index contributed by atoms with van der Waals surface area (Å²) < 4.78 is 15.5. The number of methoxy groups -OCH3 is 2. The standard InChI is InChI=1S/C18H22N6O3/c1-25-11-9-19-17-18(21-16-15(20-17)22-27-23-16)24-10-5-7-13(24)12-6-3-4-8-14(12)26-2/h3-4,6,8,13H,5,7,9-11H2,1-2H3,(H,19,20,22). The van der Waals surface area contributed by atoms with Crippen molar-refractivity contribution in [3.8, 4) is 5.75 Å². The Morgan fingerprint density at radius 1 is 1.19 bits per heavy atom. The summed E-state index contributed by atoms with van der Waals surface area (Å²) in [4.78, 5) is 11.5. The van der Waals surface area contributed by atoms with Crippen LogP contribution in [0.4, 0.5) is 11.6 Å². The first-order valence-electron chi connectivity index (χ1n) is 8.94. The van der Waals surface area contributed by atoms with Gasteiger partial charge in [-0.1, -0.05) is 18.2 Å². The molecule has 1 aliphatic heterocycles. The van der Waals surface area contributed by atoms with E-state index in [-0.39, 0.29) is 6.04 Å². The Morgan fingerprint density at radius 3 is 2.81 bits per heavy atom. The Kier molecular flexibility index (Phi) is 5.01. The van der Waals surface area contributed by atoms with Crippen molar-refractivity contribution in [2.75, 3.05) is 44.1 Å². The van der Waals surface area contributed by atoms with E-state index in [4.69, 9.17) is 14.1 Å². The highest BCUT2D eigenvalue weighted by molar-refractivity contribution is 5.74. The van der Waals surface area contributed by atoms with Crippen molar-refractivity contribution in [1.29, 1.82) is 0 Å². The van der Waals surface area contributed by atoms with Crippen LogP contribution in [0.15, 0.2) is 28.9 Å². The largest absolute Gasteiger partial charge is 0.496 e. The van der Waals surface area contributed by atoms with Crippen LogP contribution >= 0.6 is 0 Å². The number of benzene rings is 1. The van der Waals surface area contributed by atoms with E-state index in [1.165, 1.54) is 0 Å². The number of ether oxygens (including phenoxy) is 2. The Bertz CT molecular complexity index is 915.